The molecule has 0 aliphatic carbocycles. The quantitative estimate of drug-likeness (QED) is 0.548. The molecule has 0 radical (unpaired) electrons. The van der Waals surface area contributed by atoms with Gasteiger partial charge in [-0.25, -0.2) is 4.39 Å². The maximum atomic E-state index is 13.1. The van der Waals surface area contributed by atoms with Crippen LogP contribution in [0.2, 0.25) is 0 Å². The number of nitrogens with one attached hydrogen (secondary N) is 3. The number of hydrogen-bond donors (Lipinski definition) is 4. The van der Waals surface area contributed by atoms with Crippen LogP contribution in [0.5, 0.6) is 0 Å². The minimum Gasteiger partial charge on any atom is -0.395 e. The second kappa shape index (κ2) is 7.58. The number of fused-ring (bicyclic) bond motifs is 1. The molecule has 3 rings (SSSR count). The predicted molar refractivity (Wildman–Crippen MR) is 101 cm³/mol. The van der Waals surface area contributed by atoms with Gasteiger partial charge in [-0.05, 0) is 49.2 Å². The van der Waals surface area contributed by atoms with Crippen LogP contribution in [0.25, 0.3) is 10.9 Å². The van der Waals surface area contributed by atoms with Gasteiger partial charge in [-0.15, -0.1) is 0 Å². The summed E-state index contributed by atoms with van der Waals surface area (Å²) in [5.74, 6) is -0.502. The number of hydrogen-bond acceptors (Lipinski definition) is 3. The third-order valence-corrected chi connectivity index (χ3v) is 4.47. The summed E-state index contributed by atoms with van der Waals surface area (Å²) >= 11 is 0. The van der Waals surface area contributed by atoms with Crippen molar-refractivity contribution in [3.63, 3.8) is 0 Å². The van der Waals surface area contributed by atoms with Crippen LogP contribution in [0.3, 0.4) is 0 Å². The highest BCUT2D eigenvalue weighted by atomic mass is 19.1. The van der Waals surface area contributed by atoms with E-state index in [0.717, 1.165) is 33.4 Å². The van der Waals surface area contributed by atoms with Gasteiger partial charge in [-0.3, -0.25) is 4.79 Å². The van der Waals surface area contributed by atoms with Crippen molar-refractivity contribution in [2.75, 3.05) is 18.5 Å². The molecule has 26 heavy (non-hydrogen) atoms. The Morgan fingerprint density at radius 3 is 2.62 bits per heavy atom. The smallest absolute Gasteiger partial charge is 0.251 e. The molecule has 5 nitrogen and oxygen atoms in total. The normalized spacial score (nSPS) is 10.9. The van der Waals surface area contributed by atoms with Crippen molar-refractivity contribution in [3.05, 3.63) is 64.6 Å². The molecule has 0 saturated heterocycles. The highest BCUT2D eigenvalue weighted by molar-refractivity contribution is 6.03. The summed E-state index contributed by atoms with van der Waals surface area (Å²) < 4.78 is 13.1. The molecule has 2 aromatic carbocycles. The summed E-state index contributed by atoms with van der Waals surface area (Å²) in [5.41, 5.74) is 5.32. The Morgan fingerprint density at radius 1 is 1.19 bits per heavy atom. The van der Waals surface area contributed by atoms with E-state index in [1.807, 2.05) is 19.9 Å². The van der Waals surface area contributed by atoms with Crippen LogP contribution in [0.4, 0.5) is 10.1 Å². The molecule has 3 aromatic rings. The molecule has 0 spiro atoms. The van der Waals surface area contributed by atoms with Crippen molar-refractivity contribution >= 4 is 22.5 Å². The number of aliphatic hydroxyl groups is 1. The number of anilines is 1. The summed E-state index contributed by atoms with van der Waals surface area (Å²) in [6.45, 7) is 4.61. The van der Waals surface area contributed by atoms with Gasteiger partial charge in [0.2, 0.25) is 0 Å². The number of rotatable bonds is 6. The molecular formula is C20H22FN3O2. The maximum Gasteiger partial charge on any atom is 0.251 e. The number of halogens is 1. The van der Waals surface area contributed by atoms with Crippen LogP contribution in [-0.4, -0.2) is 29.1 Å². The number of aryl methyl sites for hydroxylation is 2. The van der Waals surface area contributed by atoms with Crippen molar-refractivity contribution in [1.29, 1.82) is 0 Å². The van der Waals surface area contributed by atoms with E-state index in [1.165, 1.54) is 12.1 Å². The van der Waals surface area contributed by atoms with Gasteiger partial charge >= 0.3 is 0 Å². The fourth-order valence-electron chi connectivity index (χ4n) is 2.90. The second-order valence-corrected chi connectivity index (χ2v) is 6.28. The van der Waals surface area contributed by atoms with E-state index in [4.69, 9.17) is 5.11 Å². The Morgan fingerprint density at radius 2 is 1.92 bits per heavy atom. The van der Waals surface area contributed by atoms with Crippen LogP contribution in [-0.2, 0) is 6.54 Å². The molecule has 136 valence electrons. The van der Waals surface area contributed by atoms with Gasteiger partial charge in [-0.1, -0.05) is 12.1 Å². The Labute approximate surface area is 151 Å². The minimum atomic E-state index is -0.269. The number of aromatic nitrogens is 1. The molecule has 1 amide bonds. The van der Waals surface area contributed by atoms with Gasteiger partial charge in [0.15, 0.2) is 0 Å². The molecule has 0 saturated carbocycles. The lowest BCUT2D eigenvalue weighted by Crippen LogP contribution is -2.26. The van der Waals surface area contributed by atoms with Gasteiger partial charge in [-0.2, -0.15) is 0 Å². The number of carbonyl (C=O) groups is 1. The van der Waals surface area contributed by atoms with Gasteiger partial charge in [0.05, 0.1) is 17.8 Å². The van der Waals surface area contributed by atoms with Gasteiger partial charge in [0, 0.05) is 29.7 Å². The molecule has 0 bridgehead atoms. The topological polar surface area (TPSA) is 77.2 Å². The van der Waals surface area contributed by atoms with E-state index in [0.29, 0.717) is 12.1 Å². The number of H-pyrrole nitrogens is 1. The van der Waals surface area contributed by atoms with E-state index in [1.54, 1.807) is 18.2 Å². The lowest BCUT2D eigenvalue weighted by atomic mass is 10.1. The van der Waals surface area contributed by atoms with Gasteiger partial charge in [0.1, 0.15) is 5.82 Å². The highest BCUT2D eigenvalue weighted by Gasteiger charge is 2.14. The van der Waals surface area contributed by atoms with E-state index in [9.17, 15) is 9.18 Å². The van der Waals surface area contributed by atoms with Crippen LogP contribution in [0.15, 0.2) is 36.4 Å². The lowest BCUT2D eigenvalue weighted by molar-refractivity contribution is 0.0945. The Bertz CT molecular complexity index is 932. The van der Waals surface area contributed by atoms with E-state index < -0.39 is 0 Å². The van der Waals surface area contributed by atoms with Crippen molar-refractivity contribution in [1.82, 2.24) is 10.3 Å². The lowest BCUT2D eigenvalue weighted by Gasteiger charge is -2.11. The molecule has 0 aliphatic heterocycles. The third kappa shape index (κ3) is 3.70. The fourth-order valence-corrected chi connectivity index (χ4v) is 2.90. The molecule has 4 N–H and O–H groups in total. The van der Waals surface area contributed by atoms with Crippen LogP contribution in [0.1, 0.15) is 27.2 Å². The van der Waals surface area contributed by atoms with Crippen LogP contribution in [0, 0.1) is 19.7 Å². The first-order valence-electron chi connectivity index (χ1n) is 8.50. The fraction of sp³-hybridized carbons (Fsp3) is 0.250. The molecular weight excluding hydrogens is 333 g/mol. The molecule has 1 heterocycles. The molecule has 6 heteroatoms. The van der Waals surface area contributed by atoms with Gasteiger partial charge < -0.3 is 20.7 Å². The first-order valence-corrected chi connectivity index (χ1v) is 8.50. The first-order chi connectivity index (χ1) is 12.5. The number of aliphatic hydroxyl groups excluding tert-OH is 1. The zero-order valence-electron chi connectivity index (χ0n) is 14.8. The van der Waals surface area contributed by atoms with Crippen LogP contribution < -0.4 is 10.6 Å². The second-order valence-electron chi connectivity index (χ2n) is 6.28. The highest BCUT2D eigenvalue weighted by Crippen LogP contribution is 2.30. The molecule has 0 unspecified atom stereocenters. The standard InChI is InChI=1S/C20H22FN3O2/c1-12-13(2)24-19-17(12)9-15(20(26)22-7-8-25)10-18(19)23-11-14-3-5-16(21)6-4-14/h3-6,9-10,23-25H,7-8,11H2,1-2H3,(H,22,26). The third-order valence-electron chi connectivity index (χ3n) is 4.47. The Balaban J connectivity index is 1.94. The number of carbonyl (C=O) groups excluding carboxylic acids is 1. The van der Waals surface area contributed by atoms with Crippen molar-refractivity contribution in [3.8, 4) is 0 Å². The van der Waals surface area contributed by atoms with Crippen molar-refractivity contribution < 1.29 is 14.3 Å². The van der Waals surface area contributed by atoms with Crippen molar-refractivity contribution in [2.45, 2.75) is 20.4 Å². The van der Waals surface area contributed by atoms with E-state index >= 15 is 0 Å². The van der Waals surface area contributed by atoms with E-state index in [-0.39, 0.29) is 24.9 Å². The predicted octanol–water partition coefficient (Wildman–Crippen LogP) is 3.26. The SMILES string of the molecule is Cc1[nH]c2c(NCc3ccc(F)cc3)cc(C(=O)NCCO)cc2c1C. The Kier molecular flexibility index (Phi) is 5.23. The molecule has 0 atom stereocenters. The molecule has 1 aromatic heterocycles. The first kappa shape index (κ1) is 17.9. The summed E-state index contributed by atoms with van der Waals surface area (Å²) in [4.78, 5) is 15.7. The zero-order valence-corrected chi connectivity index (χ0v) is 14.8. The molecule has 0 aliphatic rings. The Hall–Kier alpha value is -2.86. The van der Waals surface area contributed by atoms with E-state index in [2.05, 4.69) is 15.6 Å². The maximum absolute atomic E-state index is 13.1. The van der Waals surface area contributed by atoms with Crippen LogP contribution >= 0.6 is 0 Å². The molecule has 0 fully saturated rings. The zero-order chi connectivity index (χ0) is 18.7. The van der Waals surface area contributed by atoms with Gasteiger partial charge in [0.25, 0.3) is 5.91 Å². The number of aromatic amines is 1. The number of benzene rings is 2. The minimum absolute atomic E-state index is 0.105. The largest absolute Gasteiger partial charge is 0.395 e. The summed E-state index contributed by atoms with van der Waals surface area (Å²) in [6.07, 6.45) is 0. The van der Waals surface area contributed by atoms with Crippen molar-refractivity contribution in [2.24, 2.45) is 0 Å². The summed E-state index contributed by atoms with van der Waals surface area (Å²) in [5, 5.41) is 15.9. The average molecular weight is 355 g/mol. The number of amides is 1. The summed E-state index contributed by atoms with van der Waals surface area (Å²) in [7, 11) is 0. The summed E-state index contributed by atoms with van der Waals surface area (Å²) in [6, 6.07) is 9.94. The monoisotopic (exact) mass is 355 g/mol. The average Bonchev–Trinajstić information content (AvgIpc) is 2.93.